The predicted molar refractivity (Wildman–Crippen MR) is 69.5 cm³/mol. The van der Waals surface area contributed by atoms with Crippen LogP contribution in [0.25, 0.3) is 0 Å². The summed E-state index contributed by atoms with van der Waals surface area (Å²) < 4.78 is 11.1. The highest BCUT2D eigenvalue weighted by Crippen LogP contribution is 2.38. The molecule has 3 rings (SSSR count). The molecule has 18 heavy (non-hydrogen) atoms. The van der Waals surface area contributed by atoms with Gasteiger partial charge in [-0.1, -0.05) is 11.6 Å². The van der Waals surface area contributed by atoms with Crippen molar-refractivity contribution < 1.29 is 9.26 Å². The second kappa shape index (κ2) is 5.59. The van der Waals surface area contributed by atoms with E-state index in [0.717, 1.165) is 30.4 Å². The molecule has 6 heteroatoms. The lowest BCUT2D eigenvalue weighted by Crippen LogP contribution is -2.18. The van der Waals surface area contributed by atoms with Gasteiger partial charge in [0.1, 0.15) is 6.10 Å². The summed E-state index contributed by atoms with van der Waals surface area (Å²) in [5.41, 5.74) is 5.79. The highest BCUT2D eigenvalue weighted by atomic mass is 32.2. The summed E-state index contributed by atoms with van der Waals surface area (Å²) in [6, 6.07) is 0. The fraction of sp³-hybridized carbons (Fsp3) is 0.833. The van der Waals surface area contributed by atoms with Crippen molar-refractivity contribution in [3.63, 3.8) is 0 Å². The number of thioether (sulfide) groups is 1. The lowest BCUT2D eigenvalue weighted by atomic mass is 9.96. The van der Waals surface area contributed by atoms with Gasteiger partial charge in [-0.15, -0.1) is 0 Å². The number of ether oxygens (including phenoxy) is 1. The minimum absolute atomic E-state index is 0.000945. The zero-order valence-corrected chi connectivity index (χ0v) is 11.2. The maximum Gasteiger partial charge on any atom is 0.230 e. The van der Waals surface area contributed by atoms with Crippen LogP contribution in [-0.4, -0.2) is 34.8 Å². The highest BCUT2D eigenvalue weighted by molar-refractivity contribution is 7.99. The molecule has 0 amide bonds. The Labute approximate surface area is 111 Å². The zero-order chi connectivity index (χ0) is 12.4. The molecule has 2 heterocycles. The quantitative estimate of drug-likeness (QED) is 0.900. The van der Waals surface area contributed by atoms with Gasteiger partial charge in [0.2, 0.25) is 11.7 Å². The van der Waals surface area contributed by atoms with E-state index in [4.69, 9.17) is 15.0 Å². The summed E-state index contributed by atoms with van der Waals surface area (Å²) in [5, 5.41) is 4.09. The molecule has 2 N–H and O–H groups in total. The molecule has 1 aromatic heterocycles. The third kappa shape index (κ3) is 2.41. The molecule has 3 unspecified atom stereocenters. The molecular formula is C12H19N3O2S. The molecule has 100 valence electrons. The molecule has 1 aliphatic carbocycles. The van der Waals surface area contributed by atoms with Crippen LogP contribution < -0.4 is 5.73 Å². The normalized spacial score (nSPS) is 32.8. The van der Waals surface area contributed by atoms with Crippen molar-refractivity contribution in [3.05, 3.63) is 11.7 Å². The molecule has 3 atom stereocenters. The fourth-order valence-corrected chi connectivity index (χ4v) is 3.65. The topological polar surface area (TPSA) is 74.2 Å². The monoisotopic (exact) mass is 269 g/mol. The summed E-state index contributed by atoms with van der Waals surface area (Å²) >= 11 is 1.88. The Morgan fingerprint density at radius 2 is 2.33 bits per heavy atom. The Hall–Kier alpha value is -0.590. The summed E-state index contributed by atoms with van der Waals surface area (Å²) in [6.07, 6.45) is 3.50. The van der Waals surface area contributed by atoms with Crippen LogP contribution in [-0.2, 0) is 4.74 Å². The summed E-state index contributed by atoms with van der Waals surface area (Å²) in [7, 11) is 0. The molecule has 0 radical (unpaired) electrons. The first-order chi connectivity index (χ1) is 8.88. The number of rotatable bonds is 3. The van der Waals surface area contributed by atoms with Gasteiger partial charge in [-0.2, -0.15) is 16.7 Å². The fourth-order valence-electron chi connectivity index (χ4n) is 2.81. The van der Waals surface area contributed by atoms with E-state index in [1.54, 1.807) is 0 Å². The van der Waals surface area contributed by atoms with E-state index in [-0.39, 0.29) is 6.10 Å². The number of hydrogen-bond acceptors (Lipinski definition) is 6. The molecule has 1 saturated heterocycles. The van der Waals surface area contributed by atoms with Crippen LogP contribution in [0.3, 0.4) is 0 Å². The van der Waals surface area contributed by atoms with E-state index in [1.807, 2.05) is 11.8 Å². The van der Waals surface area contributed by atoms with Crippen molar-refractivity contribution in [2.75, 3.05) is 24.7 Å². The number of aromatic nitrogens is 2. The van der Waals surface area contributed by atoms with Crippen LogP contribution in [0.4, 0.5) is 0 Å². The van der Waals surface area contributed by atoms with Crippen LogP contribution in [0.5, 0.6) is 0 Å². The van der Waals surface area contributed by atoms with Crippen LogP contribution in [0.1, 0.15) is 43.0 Å². The maximum atomic E-state index is 5.79. The summed E-state index contributed by atoms with van der Waals surface area (Å²) in [4.78, 5) is 4.54. The van der Waals surface area contributed by atoms with E-state index in [1.165, 1.54) is 12.8 Å². The number of hydrogen-bond donors (Lipinski definition) is 1. The number of nitrogens with two attached hydrogens (primary N) is 1. The molecule has 0 spiro atoms. The van der Waals surface area contributed by atoms with Crippen LogP contribution in [0.15, 0.2) is 4.52 Å². The maximum absolute atomic E-state index is 5.79. The Bertz CT molecular complexity index is 392. The zero-order valence-electron chi connectivity index (χ0n) is 10.4. The van der Waals surface area contributed by atoms with Crippen LogP contribution in [0.2, 0.25) is 0 Å². The second-order valence-electron chi connectivity index (χ2n) is 4.96. The van der Waals surface area contributed by atoms with Crippen LogP contribution >= 0.6 is 11.8 Å². The Morgan fingerprint density at radius 1 is 1.39 bits per heavy atom. The van der Waals surface area contributed by atoms with E-state index in [0.29, 0.717) is 24.2 Å². The van der Waals surface area contributed by atoms with E-state index in [2.05, 4.69) is 10.1 Å². The highest BCUT2D eigenvalue weighted by Gasteiger charge is 2.33. The van der Waals surface area contributed by atoms with Gasteiger partial charge < -0.3 is 15.0 Å². The average Bonchev–Trinajstić information content (AvgIpc) is 3.08. The lowest BCUT2D eigenvalue weighted by molar-refractivity contribution is 0.0677. The molecule has 0 bridgehead atoms. The van der Waals surface area contributed by atoms with Gasteiger partial charge in [-0.05, 0) is 25.3 Å². The van der Waals surface area contributed by atoms with Gasteiger partial charge in [0, 0.05) is 17.4 Å². The molecule has 0 aromatic carbocycles. The van der Waals surface area contributed by atoms with Gasteiger partial charge in [-0.3, -0.25) is 0 Å². The largest absolute Gasteiger partial charge is 0.368 e. The molecular weight excluding hydrogens is 250 g/mol. The van der Waals surface area contributed by atoms with Crippen LogP contribution in [0, 0.1) is 5.92 Å². The Balaban J connectivity index is 1.72. The molecule has 5 nitrogen and oxygen atoms in total. The first-order valence-electron chi connectivity index (χ1n) is 6.61. The Morgan fingerprint density at radius 3 is 3.11 bits per heavy atom. The second-order valence-corrected chi connectivity index (χ2v) is 6.11. The van der Waals surface area contributed by atoms with E-state index in [9.17, 15) is 0 Å². The van der Waals surface area contributed by atoms with Gasteiger partial charge in [0.25, 0.3) is 0 Å². The molecule has 1 saturated carbocycles. The molecule has 2 aliphatic rings. The third-order valence-corrected chi connectivity index (χ3v) is 4.83. The molecule has 2 fully saturated rings. The smallest absolute Gasteiger partial charge is 0.230 e. The van der Waals surface area contributed by atoms with Gasteiger partial charge in [-0.25, -0.2) is 0 Å². The van der Waals surface area contributed by atoms with E-state index >= 15 is 0 Å². The first-order valence-corrected chi connectivity index (χ1v) is 7.77. The van der Waals surface area contributed by atoms with Crippen molar-refractivity contribution in [1.82, 2.24) is 10.1 Å². The molecule has 1 aliphatic heterocycles. The summed E-state index contributed by atoms with van der Waals surface area (Å²) in [5.74, 6) is 4.30. The van der Waals surface area contributed by atoms with Crippen molar-refractivity contribution in [2.24, 2.45) is 11.7 Å². The van der Waals surface area contributed by atoms with E-state index < -0.39 is 0 Å². The SMILES string of the molecule is NCC1CCCC1c1nc(C2CSCCO2)no1. The van der Waals surface area contributed by atoms with Gasteiger partial charge in [0.05, 0.1) is 6.61 Å². The standard InChI is InChI=1S/C12H19N3O2S/c13-6-8-2-1-3-9(8)12-14-11(15-17-12)10-7-18-5-4-16-10/h8-10H,1-7,13H2. The third-order valence-electron chi connectivity index (χ3n) is 3.84. The lowest BCUT2D eigenvalue weighted by Gasteiger charge is -2.18. The first kappa shape index (κ1) is 12.4. The van der Waals surface area contributed by atoms with Gasteiger partial charge >= 0.3 is 0 Å². The van der Waals surface area contributed by atoms with Gasteiger partial charge in [0.15, 0.2) is 0 Å². The Kier molecular flexibility index (Phi) is 3.86. The number of nitrogens with zero attached hydrogens (tertiary/aromatic N) is 2. The predicted octanol–water partition coefficient (Wildman–Crippen LogP) is 1.72. The minimum atomic E-state index is -0.000945. The van der Waals surface area contributed by atoms with Crippen molar-refractivity contribution in [2.45, 2.75) is 31.3 Å². The molecule has 1 aromatic rings. The summed E-state index contributed by atoms with van der Waals surface area (Å²) in [6.45, 7) is 1.48. The van der Waals surface area contributed by atoms with Crippen molar-refractivity contribution >= 4 is 11.8 Å². The average molecular weight is 269 g/mol. The van der Waals surface area contributed by atoms with Crippen molar-refractivity contribution in [3.8, 4) is 0 Å². The minimum Gasteiger partial charge on any atom is -0.368 e. The van der Waals surface area contributed by atoms with Crippen molar-refractivity contribution in [1.29, 1.82) is 0 Å².